The molecule has 1 aromatic carbocycles. The molecule has 0 unspecified atom stereocenters. The predicted octanol–water partition coefficient (Wildman–Crippen LogP) is 5.03. The zero-order valence-electron chi connectivity index (χ0n) is 12.8. The third-order valence-corrected chi connectivity index (χ3v) is 3.40. The molecule has 0 saturated carbocycles. The molecule has 0 amide bonds. The van der Waals surface area contributed by atoms with Gasteiger partial charge in [0.15, 0.2) is 0 Å². The number of anilines is 1. The van der Waals surface area contributed by atoms with Gasteiger partial charge in [-0.15, -0.1) is 0 Å². The number of ether oxygens (including phenoxy) is 1. The number of hydrazine groups is 1. The van der Waals surface area contributed by atoms with E-state index in [0.29, 0.717) is 13.0 Å². The summed E-state index contributed by atoms with van der Waals surface area (Å²) in [6, 6.07) is 7.46. The van der Waals surface area contributed by atoms with E-state index in [2.05, 4.69) is 5.43 Å². The smallest absolute Gasteiger partial charge is 0.389 e. The van der Waals surface area contributed by atoms with Crippen molar-refractivity contribution in [1.82, 2.24) is 0 Å². The summed E-state index contributed by atoms with van der Waals surface area (Å²) in [5.74, 6) is 6.12. The van der Waals surface area contributed by atoms with Gasteiger partial charge in [-0.25, -0.2) is 0 Å². The van der Waals surface area contributed by atoms with E-state index in [9.17, 15) is 13.2 Å². The van der Waals surface area contributed by atoms with Crippen molar-refractivity contribution >= 4 is 5.69 Å². The first-order chi connectivity index (χ1) is 10.5. The van der Waals surface area contributed by atoms with Crippen LogP contribution in [0.1, 0.15) is 51.4 Å². The van der Waals surface area contributed by atoms with Crippen LogP contribution in [0.3, 0.4) is 0 Å². The fourth-order valence-corrected chi connectivity index (χ4v) is 2.21. The van der Waals surface area contributed by atoms with Crippen molar-refractivity contribution in [2.75, 3.05) is 12.0 Å². The maximum Gasteiger partial charge on any atom is 0.389 e. The highest BCUT2D eigenvalue weighted by Gasteiger charge is 2.25. The molecule has 0 heterocycles. The molecule has 0 saturated heterocycles. The molecule has 0 aliphatic rings. The van der Waals surface area contributed by atoms with Crippen molar-refractivity contribution in [1.29, 1.82) is 0 Å². The van der Waals surface area contributed by atoms with Crippen molar-refractivity contribution < 1.29 is 17.9 Å². The molecule has 0 aliphatic heterocycles. The van der Waals surface area contributed by atoms with Gasteiger partial charge in [-0.05, 0) is 25.0 Å². The number of hydrogen-bond donors (Lipinski definition) is 2. The Hall–Kier alpha value is -1.43. The quantitative estimate of drug-likeness (QED) is 0.341. The fourth-order valence-electron chi connectivity index (χ4n) is 2.21. The predicted molar refractivity (Wildman–Crippen MR) is 82.7 cm³/mol. The molecule has 0 atom stereocenters. The molecule has 0 radical (unpaired) electrons. The summed E-state index contributed by atoms with van der Waals surface area (Å²) in [5.41, 5.74) is 3.34. The van der Waals surface area contributed by atoms with E-state index in [0.717, 1.165) is 43.5 Å². The summed E-state index contributed by atoms with van der Waals surface area (Å²) in [5, 5.41) is 0. The SMILES string of the molecule is NNc1ccccc1OCCCCCCCCCC(F)(F)F. The molecule has 126 valence electrons. The van der Waals surface area contributed by atoms with Gasteiger partial charge in [0.1, 0.15) is 5.75 Å². The Labute approximate surface area is 130 Å². The summed E-state index contributed by atoms with van der Waals surface area (Å²) >= 11 is 0. The fraction of sp³-hybridized carbons (Fsp3) is 0.625. The van der Waals surface area contributed by atoms with Gasteiger partial charge >= 0.3 is 6.18 Å². The minimum absolute atomic E-state index is 0.246. The Kier molecular flexibility index (Phi) is 8.74. The second-order valence-corrected chi connectivity index (χ2v) is 5.33. The monoisotopic (exact) mass is 318 g/mol. The largest absolute Gasteiger partial charge is 0.491 e. The summed E-state index contributed by atoms with van der Waals surface area (Å²) < 4.78 is 41.5. The number of hydrogen-bond acceptors (Lipinski definition) is 3. The lowest BCUT2D eigenvalue weighted by Gasteiger charge is -2.10. The Morgan fingerprint density at radius 3 is 2.14 bits per heavy atom. The van der Waals surface area contributed by atoms with Crippen LogP contribution in [-0.2, 0) is 0 Å². The molecule has 0 aliphatic carbocycles. The van der Waals surface area contributed by atoms with Crippen LogP contribution in [0.15, 0.2) is 24.3 Å². The van der Waals surface area contributed by atoms with Gasteiger partial charge < -0.3 is 10.2 Å². The highest BCUT2D eigenvalue weighted by molar-refractivity contribution is 5.55. The Balaban J connectivity index is 1.96. The zero-order chi connectivity index (χ0) is 16.3. The number of benzene rings is 1. The molecule has 0 aromatic heterocycles. The normalized spacial score (nSPS) is 11.5. The average Bonchev–Trinajstić information content (AvgIpc) is 2.48. The first kappa shape index (κ1) is 18.6. The third-order valence-electron chi connectivity index (χ3n) is 3.40. The Morgan fingerprint density at radius 1 is 0.909 bits per heavy atom. The summed E-state index contributed by atoms with van der Waals surface area (Å²) in [7, 11) is 0. The minimum atomic E-state index is -4.01. The second-order valence-electron chi connectivity index (χ2n) is 5.33. The van der Waals surface area contributed by atoms with Crippen LogP contribution >= 0.6 is 0 Å². The highest BCUT2D eigenvalue weighted by atomic mass is 19.4. The molecule has 0 fully saturated rings. The topological polar surface area (TPSA) is 47.3 Å². The van der Waals surface area contributed by atoms with E-state index in [1.54, 1.807) is 0 Å². The molecule has 0 spiro atoms. The molecule has 0 bridgehead atoms. The van der Waals surface area contributed by atoms with Crippen molar-refractivity contribution in [3.05, 3.63) is 24.3 Å². The van der Waals surface area contributed by atoms with E-state index in [1.165, 1.54) is 0 Å². The molecular weight excluding hydrogens is 293 g/mol. The van der Waals surface area contributed by atoms with Crippen LogP contribution in [0.25, 0.3) is 0 Å². The standard InChI is InChI=1S/C16H25F3N2O/c17-16(18,19)12-8-4-2-1-3-5-9-13-22-15-11-7-6-10-14(15)21-20/h6-7,10-11,21H,1-5,8-9,12-13,20H2. The molecule has 1 aromatic rings. The van der Waals surface area contributed by atoms with Gasteiger partial charge in [0.05, 0.1) is 12.3 Å². The molecule has 22 heavy (non-hydrogen) atoms. The van der Waals surface area contributed by atoms with Crippen LogP contribution in [-0.4, -0.2) is 12.8 Å². The van der Waals surface area contributed by atoms with Crippen LogP contribution in [0.5, 0.6) is 5.75 Å². The van der Waals surface area contributed by atoms with E-state index < -0.39 is 12.6 Å². The lowest BCUT2D eigenvalue weighted by molar-refractivity contribution is -0.135. The Bertz CT molecular complexity index is 411. The number of nitrogens with one attached hydrogen (secondary N) is 1. The van der Waals surface area contributed by atoms with Gasteiger partial charge in [0.25, 0.3) is 0 Å². The lowest BCUT2D eigenvalue weighted by Crippen LogP contribution is -2.09. The van der Waals surface area contributed by atoms with Crippen LogP contribution < -0.4 is 16.0 Å². The molecule has 3 N–H and O–H groups in total. The number of alkyl halides is 3. The van der Waals surface area contributed by atoms with Crippen LogP contribution in [0.2, 0.25) is 0 Å². The van der Waals surface area contributed by atoms with Crippen molar-refractivity contribution in [3.63, 3.8) is 0 Å². The molecular formula is C16H25F3N2O. The van der Waals surface area contributed by atoms with Crippen LogP contribution in [0, 0.1) is 0 Å². The molecule has 1 rings (SSSR count). The molecule has 6 heteroatoms. The van der Waals surface area contributed by atoms with Gasteiger partial charge in [0.2, 0.25) is 0 Å². The number of nitrogens with two attached hydrogens (primary N) is 1. The third kappa shape index (κ3) is 8.77. The Morgan fingerprint density at radius 2 is 1.50 bits per heavy atom. The van der Waals surface area contributed by atoms with Crippen molar-refractivity contribution in [3.8, 4) is 5.75 Å². The average molecular weight is 318 g/mol. The summed E-state index contributed by atoms with van der Waals surface area (Å²) in [4.78, 5) is 0. The van der Waals surface area contributed by atoms with Gasteiger partial charge in [-0.1, -0.05) is 44.2 Å². The van der Waals surface area contributed by atoms with E-state index in [1.807, 2.05) is 24.3 Å². The summed E-state index contributed by atoms with van der Waals surface area (Å²) in [6.45, 7) is 0.618. The number of para-hydroxylation sites is 2. The second kappa shape index (κ2) is 10.3. The minimum Gasteiger partial charge on any atom is -0.491 e. The lowest BCUT2D eigenvalue weighted by atomic mass is 10.1. The number of nitrogen functional groups attached to an aromatic ring is 1. The van der Waals surface area contributed by atoms with Gasteiger partial charge in [-0.2, -0.15) is 13.2 Å². The van der Waals surface area contributed by atoms with E-state index >= 15 is 0 Å². The maximum atomic E-state index is 11.9. The first-order valence-corrected chi connectivity index (χ1v) is 7.78. The van der Waals surface area contributed by atoms with Crippen molar-refractivity contribution in [2.24, 2.45) is 5.84 Å². The van der Waals surface area contributed by atoms with Crippen LogP contribution in [0.4, 0.5) is 18.9 Å². The first-order valence-electron chi connectivity index (χ1n) is 7.78. The number of unbranched alkanes of at least 4 members (excludes halogenated alkanes) is 6. The number of rotatable bonds is 11. The molecule has 3 nitrogen and oxygen atoms in total. The van der Waals surface area contributed by atoms with E-state index in [-0.39, 0.29) is 6.42 Å². The maximum absolute atomic E-state index is 11.9. The van der Waals surface area contributed by atoms with Gasteiger partial charge in [-0.3, -0.25) is 5.84 Å². The van der Waals surface area contributed by atoms with E-state index in [4.69, 9.17) is 10.6 Å². The zero-order valence-corrected chi connectivity index (χ0v) is 12.8. The summed E-state index contributed by atoms with van der Waals surface area (Å²) in [6.07, 6.45) is 1.09. The highest BCUT2D eigenvalue weighted by Crippen LogP contribution is 2.24. The van der Waals surface area contributed by atoms with Gasteiger partial charge in [0, 0.05) is 6.42 Å². The number of halogens is 3. The van der Waals surface area contributed by atoms with Crippen molar-refractivity contribution in [2.45, 2.75) is 57.5 Å².